The predicted molar refractivity (Wildman–Crippen MR) is 117 cm³/mol. The zero-order valence-electron chi connectivity index (χ0n) is 18.6. The number of nitro benzene ring substituents is 1. The van der Waals surface area contributed by atoms with Crippen molar-refractivity contribution in [2.75, 3.05) is 35.0 Å². The summed E-state index contributed by atoms with van der Waals surface area (Å²) in [6.45, 7) is 3.70. The minimum absolute atomic E-state index is 0.0697. The van der Waals surface area contributed by atoms with Gasteiger partial charge in [-0.05, 0) is 42.2 Å². The van der Waals surface area contributed by atoms with E-state index in [9.17, 15) is 10.1 Å². The first kappa shape index (κ1) is 23.2. The average Bonchev–Trinajstić information content (AvgIpc) is 3.31. The first-order chi connectivity index (χ1) is 15.5. The highest BCUT2D eigenvalue weighted by molar-refractivity contribution is 5.59. The van der Waals surface area contributed by atoms with Crippen LogP contribution in [0.3, 0.4) is 0 Å². The van der Waals surface area contributed by atoms with Crippen LogP contribution in [-0.2, 0) is 4.74 Å². The van der Waals surface area contributed by atoms with E-state index in [2.05, 4.69) is 6.58 Å². The van der Waals surface area contributed by atoms with E-state index in [-0.39, 0.29) is 36.0 Å². The highest BCUT2D eigenvalue weighted by Gasteiger charge is 2.32. The van der Waals surface area contributed by atoms with Crippen LogP contribution in [0, 0.1) is 10.1 Å². The SMILES string of the molecule is C=CCOc1c(OC)cc([C@@H]2CC[C@@H](c3cc(OC)c(OC)c(OC)c3)O2)cc1[N+](=O)[O-]. The lowest BCUT2D eigenvalue weighted by atomic mass is 10.0. The monoisotopic (exact) mass is 445 g/mol. The summed E-state index contributed by atoms with van der Waals surface area (Å²) in [5, 5.41) is 11.7. The normalized spacial score (nSPS) is 17.5. The molecule has 1 heterocycles. The van der Waals surface area contributed by atoms with E-state index >= 15 is 0 Å². The van der Waals surface area contributed by atoms with Crippen LogP contribution < -0.4 is 23.7 Å². The first-order valence-corrected chi connectivity index (χ1v) is 10.0. The molecule has 0 N–H and O–H groups in total. The number of nitro groups is 1. The van der Waals surface area contributed by atoms with Crippen molar-refractivity contribution in [3.05, 3.63) is 58.2 Å². The Balaban J connectivity index is 1.92. The van der Waals surface area contributed by atoms with Gasteiger partial charge in [-0.3, -0.25) is 10.1 Å². The highest BCUT2D eigenvalue weighted by Crippen LogP contribution is 2.48. The second kappa shape index (κ2) is 10.2. The van der Waals surface area contributed by atoms with Gasteiger partial charge in [0.1, 0.15) is 6.61 Å². The van der Waals surface area contributed by atoms with Crippen LogP contribution in [0.25, 0.3) is 0 Å². The lowest BCUT2D eigenvalue weighted by molar-refractivity contribution is -0.386. The van der Waals surface area contributed by atoms with E-state index < -0.39 is 4.92 Å². The van der Waals surface area contributed by atoms with Crippen molar-refractivity contribution in [2.24, 2.45) is 0 Å². The summed E-state index contributed by atoms with van der Waals surface area (Å²) in [6, 6.07) is 6.89. The van der Waals surface area contributed by atoms with Gasteiger partial charge in [-0.15, -0.1) is 0 Å². The summed E-state index contributed by atoms with van der Waals surface area (Å²) in [4.78, 5) is 11.2. The number of ether oxygens (including phenoxy) is 6. The smallest absolute Gasteiger partial charge is 0.315 e. The number of hydrogen-bond acceptors (Lipinski definition) is 8. The van der Waals surface area contributed by atoms with Gasteiger partial charge in [0.2, 0.25) is 11.5 Å². The molecule has 3 rings (SSSR count). The third-order valence-electron chi connectivity index (χ3n) is 5.27. The molecule has 1 fully saturated rings. The molecule has 0 aliphatic carbocycles. The number of benzene rings is 2. The molecule has 1 aliphatic heterocycles. The third kappa shape index (κ3) is 4.57. The summed E-state index contributed by atoms with van der Waals surface area (Å²) in [5.74, 6) is 1.92. The van der Waals surface area contributed by atoms with Crippen LogP contribution in [0.4, 0.5) is 5.69 Å². The first-order valence-electron chi connectivity index (χ1n) is 10.0. The zero-order valence-corrected chi connectivity index (χ0v) is 18.6. The Morgan fingerprint density at radius 3 is 1.88 bits per heavy atom. The summed E-state index contributed by atoms with van der Waals surface area (Å²) in [7, 11) is 6.10. The molecule has 0 saturated carbocycles. The van der Waals surface area contributed by atoms with Crippen molar-refractivity contribution in [2.45, 2.75) is 25.0 Å². The fourth-order valence-electron chi connectivity index (χ4n) is 3.78. The van der Waals surface area contributed by atoms with Gasteiger partial charge in [-0.25, -0.2) is 0 Å². The highest BCUT2D eigenvalue weighted by atomic mass is 16.6. The molecule has 2 aromatic rings. The fraction of sp³-hybridized carbons (Fsp3) is 0.391. The summed E-state index contributed by atoms with van der Waals surface area (Å²) >= 11 is 0. The molecule has 32 heavy (non-hydrogen) atoms. The maximum absolute atomic E-state index is 11.7. The van der Waals surface area contributed by atoms with Gasteiger partial charge in [0.15, 0.2) is 17.2 Å². The molecule has 0 unspecified atom stereocenters. The van der Waals surface area contributed by atoms with E-state index in [0.29, 0.717) is 35.7 Å². The Morgan fingerprint density at radius 2 is 1.44 bits per heavy atom. The maximum atomic E-state index is 11.7. The molecule has 2 atom stereocenters. The lowest BCUT2D eigenvalue weighted by Crippen LogP contribution is -2.05. The van der Waals surface area contributed by atoms with Crippen LogP contribution in [0.15, 0.2) is 36.9 Å². The molecular weight excluding hydrogens is 418 g/mol. The molecule has 9 heteroatoms. The van der Waals surface area contributed by atoms with Crippen molar-refractivity contribution < 1.29 is 33.3 Å². The van der Waals surface area contributed by atoms with E-state index in [1.807, 2.05) is 12.1 Å². The lowest BCUT2D eigenvalue weighted by Gasteiger charge is -2.19. The Morgan fingerprint density at radius 1 is 0.938 bits per heavy atom. The van der Waals surface area contributed by atoms with Gasteiger partial charge >= 0.3 is 5.69 Å². The number of nitrogens with zero attached hydrogens (tertiary/aromatic N) is 1. The Hall–Kier alpha value is -3.46. The minimum Gasteiger partial charge on any atom is -0.493 e. The van der Waals surface area contributed by atoms with Gasteiger partial charge in [-0.2, -0.15) is 0 Å². The van der Waals surface area contributed by atoms with Crippen LogP contribution >= 0.6 is 0 Å². The van der Waals surface area contributed by atoms with Gasteiger partial charge in [0.05, 0.1) is 45.6 Å². The minimum atomic E-state index is -0.490. The number of hydrogen-bond donors (Lipinski definition) is 0. The molecule has 9 nitrogen and oxygen atoms in total. The van der Waals surface area contributed by atoms with E-state index in [4.69, 9.17) is 28.4 Å². The van der Waals surface area contributed by atoms with E-state index in [1.54, 1.807) is 27.4 Å². The molecule has 0 amide bonds. The molecule has 1 aliphatic rings. The molecule has 172 valence electrons. The van der Waals surface area contributed by atoms with Crippen LogP contribution in [0.1, 0.15) is 36.2 Å². The van der Waals surface area contributed by atoms with Gasteiger partial charge < -0.3 is 28.4 Å². The molecule has 0 aromatic heterocycles. The summed E-state index contributed by atoms with van der Waals surface area (Å²) < 4.78 is 33.4. The molecule has 0 radical (unpaired) electrons. The van der Waals surface area contributed by atoms with E-state index in [0.717, 1.165) is 5.56 Å². The Kier molecular flexibility index (Phi) is 7.42. The maximum Gasteiger partial charge on any atom is 0.315 e. The van der Waals surface area contributed by atoms with Gasteiger partial charge in [0.25, 0.3) is 0 Å². The van der Waals surface area contributed by atoms with E-state index in [1.165, 1.54) is 19.3 Å². The molecule has 0 bridgehead atoms. The average molecular weight is 445 g/mol. The fourth-order valence-corrected chi connectivity index (χ4v) is 3.78. The predicted octanol–water partition coefficient (Wildman–Crippen LogP) is 4.79. The summed E-state index contributed by atoms with van der Waals surface area (Å²) in [6.07, 6.45) is 2.32. The van der Waals surface area contributed by atoms with Crippen molar-refractivity contribution in [3.63, 3.8) is 0 Å². The van der Waals surface area contributed by atoms with Gasteiger partial charge in [0, 0.05) is 6.07 Å². The van der Waals surface area contributed by atoms with Crippen LogP contribution in [0.2, 0.25) is 0 Å². The number of methoxy groups -OCH3 is 4. The topological polar surface area (TPSA) is 98.5 Å². The standard InChI is InChI=1S/C23H27NO8/c1-6-9-31-22-16(24(25)26)10-14(11-19(22)27-2)17-7-8-18(32-17)15-12-20(28-3)23(30-5)21(13-15)29-4/h6,10-13,17-18H,1,7-9H2,2-5H3/t17-,18-/m0/s1. The molecule has 1 saturated heterocycles. The largest absolute Gasteiger partial charge is 0.493 e. The van der Waals surface area contributed by atoms with Gasteiger partial charge in [-0.1, -0.05) is 12.7 Å². The Bertz CT molecular complexity index is 965. The zero-order chi connectivity index (χ0) is 23.3. The molecule has 2 aromatic carbocycles. The van der Waals surface area contributed by atoms with Crippen LogP contribution in [0.5, 0.6) is 28.7 Å². The van der Waals surface area contributed by atoms with Crippen LogP contribution in [-0.4, -0.2) is 40.0 Å². The van der Waals surface area contributed by atoms with Crippen molar-refractivity contribution >= 4 is 5.69 Å². The second-order valence-corrected chi connectivity index (χ2v) is 7.08. The molecular formula is C23H27NO8. The number of rotatable bonds is 10. The Labute approximate surface area is 186 Å². The third-order valence-corrected chi connectivity index (χ3v) is 5.27. The molecule has 0 spiro atoms. The summed E-state index contributed by atoms with van der Waals surface area (Å²) in [5.41, 5.74) is 1.34. The quantitative estimate of drug-likeness (QED) is 0.293. The van der Waals surface area contributed by atoms with Crippen molar-refractivity contribution in [1.29, 1.82) is 0 Å². The van der Waals surface area contributed by atoms with Crippen molar-refractivity contribution in [3.8, 4) is 28.7 Å². The van der Waals surface area contributed by atoms with Crippen molar-refractivity contribution in [1.82, 2.24) is 0 Å². The second-order valence-electron chi connectivity index (χ2n) is 7.08.